The number of amides is 1. The molecule has 3 rings (SSSR count). The predicted octanol–water partition coefficient (Wildman–Crippen LogP) is 5.55. The van der Waals surface area contributed by atoms with Gasteiger partial charge >= 0.3 is 6.09 Å². The summed E-state index contributed by atoms with van der Waals surface area (Å²) in [6.07, 6.45) is 11.9. The standard InChI is InChI=1S/C23H27ClN2O2/c1-16(2)28-23(27)26-12-9-18(10-13-26)22-14-17(4-3-11-25)5-6-19-15-20(24)7-8-21(19)22/h3-8,11,15-16H,9-10,12-14,25H2,1-2H3/b11-3-,17-4-. The van der Waals surface area contributed by atoms with E-state index in [1.807, 2.05) is 38.1 Å². The summed E-state index contributed by atoms with van der Waals surface area (Å²) in [5.41, 5.74) is 11.8. The Hall–Kier alpha value is -2.46. The van der Waals surface area contributed by atoms with Gasteiger partial charge in [0.25, 0.3) is 0 Å². The van der Waals surface area contributed by atoms with Crippen LogP contribution in [-0.2, 0) is 4.74 Å². The van der Waals surface area contributed by atoms with Crippen LogP contribution in [0.2, 0.25) is 5.02 Å². The number of piperidine rings is 1. The minimum Gasteiger partial charge on any atom is -0.447 e. The molecule has 2 N–H and O–H groups in total. The molecule has 1 aliphatic heterocycles. The molecule has 0 saturated carbocycles. The van der Waals surface area contributed by atoms with E-state index in [0.717, 1.165) is 29.8 Å². The third kappa shape index (κ3) is 4.87. The zero-order valence-electron chi connectivity index (χ0n) is 16.5. The molecule has 28 heavy (non-hydrogen) atoms. The zero-order chi connectivity index (χ0) is 20.1. The van der Waals surface area contributed by atoms with Crippen LogP contribution in [0.1, 0.15) is 44.2 Å². The third-order valence-electron chi connectivity index (χ3n) is 5.01. The summed E-state index contributed by atoms with van der Waals surface area (Å²) >= 11 is 6.23. The van der Waals surface area contributed by atoms with E-state index in [-0.39, 0.29) is 12.2 Å². The number of hydrogen-bond donors (Lipinski definition) is 1. The molecule has 0 aromatic heterocycles. The average Bonchev–Trinajstić information content (AvgIpc) is 2.85. The number of carbonyl (C=O) groups excluding carboxylic acids is 1. The molecule has 5 heteroatoms. The topological polar surface area (TPSA) is 55.6 Å². The van der Waals surface area contributed by atoms with Crippen molar-refractivity contribution in [3.8, 4) is 0 Å². The van der Waals surface area contributed by atoms with Crippen LogP contribution < -0.4 is 5.73 Å². The minimum absolute atomic E-state index is 0.0971. The first-order valence-corrected chi connectivity index (χ1v) is 10.1. The Bertz CT molecular complexity index is 855. The maximum absolute atomic E-state index is 12.2. The molecular weight excluding hydrogens is 372 g/mol. The van der Waals surface area contributed by atoms with Crippen LogP contribution in [0, 0.1) is 0 Å². The first-order valence-electron chi connectivity index (χ1n) is 9.70. The van der Waals surface area contributed by atoms with E-state index in [0.29, 0.717) is 13.1 Å². The fourth-order valence-electron chi connectivity index (χ4n) is 3.65. The fraction of sp³-hybridized carbons (Fsp3) is 0.348. The number of rotatable bonds is 2. The molecule has 1 saturated heterocycles. The molecule has 0 bridgehead atoms. The summed E-state index contributed by atoms with van der Waals surface area (Å²) < 4.78 is 5.34. The van der Waals surface area contributed by atoms with Gasteiger partial charge in [0.2, 0.25) is 0 Å². The number of fused-ring (bicyclic) bond motifs is 1. The van der Waals surface area contributed by atoms with Gasteiger partial charge in [0.05, 0.1) is 6.10 Å². The van der Waals surface area contributed by atoms with Gasteiger partial charge in [-0.25, -0.2) is 4.79 Å². The van der Waals surface area contributed by atoms with Gasteiger partial charge < -0.3 is 15.4 Å². The van der Waals surface area contributed by atoms with Gasteiger partial charge in [0, 0.05) is 18.1 Å². The van der Waals surface area contributed by atoms with Crippen molar-refractivity contribution in [1.29, 1.82) is 0 Å². The lowest BCUT2D eigenvalue weighted by atomic mass is 9.88. The molecule has 1 aliphatic carbocycles. The van der Waals surface area contributed by atoms with E-state index >= 15 is 0 Å². The van der Waals surface area contributed by atoms with Gasteiger partial charge in [-0.05, 0) is 79.8 Å². The first-order chi connectivity index (χ1) is 13.5. The van der Waals surface area contributed by atoms with Crippen molar-refractivity contribution in [2.75, 3.05) is 13.1 Å². The Morgan fingerprint density at radius 2 is 2.00 bits per heavy atom. The van der Waals surface area contributed by atoms with Crippen LogP contribution in [0.3, 0.4) is 0 Å². The number of halogens is 1. The lowest BCUT2D eigenvalue weighted by molar-refractivity contribution is 0.0746. The maximum atomic E-state index is 12.2. The van der Waals surface area contributed by atoms with Crippen LogP contribution in [0.4, 0.5) is 4.79 Å². The number of nitrogens with zero attached hydrogens (tertiary/aromatic N) is 1. The van der Waals surface area contributed by atoms with E-state index in [4.69, 9.17) is 22.1 Å². The monoisotopic (exact) mass is 398 g/mol. The van der Waals surface area contributed by atoms with Crippen molar-refractivity contribution in [3.05, 3.63) is 69.9 Å². The van der Waals surface area contributed by atoms with Gasteiger partial charge in [0.1, 0.15) is 0 Å². The molecule has 0 radical (unpaired) electrons. The Morgan fingerprint density at radius 1 is 1.25 bits per heavy atom. The minimum atomic E-state index is -0.220. The predicted molar refractivity (Wildman–Crippen MR) is 116 cm³/mol. The molecule has 1 aromatic carbocycles. The van der Waals surface area contributed by atoms with Gasteiger partial charge in [-0.2, -0.15) is 0 Å². The van der Waals surface area contributed by atoms with E-state index in [2.05, 4.69) is 18.2 Å². The Morgan fingerprint density at radius 3 is 2.68 bits per heavy atom. The zero-order valence-corrected chi connectivity index (χ0v) is 17.2. The molecule has 1 aromatic rings. The number of nitrogens with two attached hydrogens (primary N) is 1. The van der Waals surface area contributed by atoms with E-state index in [9.17, 15) is 4.79 Å². The number of benzene rings is 1. The molecule has 1 amide bonds. The second-order valence-electron chi connectivity index (χ2n) is 7.37. The number of hydrogen-bond acceptors (Lipinski definition) is 3. The molecule has 0 atom stereocenters. The van der Waals surface area contributed by atoms with Gasteiger partial charge in [0.15, 0.2) is 0 Å². The number of likely N-dealkylation sites (tertiary alicyclic amines) is 1. The van der Waals surface area contributed by atoms with Crippen molar-refractivity contribution in [3.63, 3.8) is 0 Å². The summed E-state index contributed by atoms with van der Waals surface area (Å²) in [6.45, 7) is 5.12. The largest absolute Gasteiger partial charge is 0.447 e. The highest BCUT2D eigenvalue weighted by molar-refractivity contribution is 6.30. The van der Waals surface area contributed by atoms with Gasteiger partial charge in [-0.1, -0.05) is 41.5 Å². The molecule has 148 valence electrons. The second kappa shape index (κ2) is 9.16. The quantitative estimate of drug-likeness (QED) is 0.710. The summed E-state index contributed by atoms with van der Waals surface area (Å²) in [5, 5.41) is 0.730. The second-order valence-corrected chi connectivity index (χ2v) is 7.81. The van der Waals surface area contributed by atoms with E-state index in [1.165, 1.54) is 22.3 Å². The van der Waals surface area contributed by atoms with Crippen LogP contribution in [0.15, 0.2) is 53.8 Å². The van der Waals surface area contributed by atoms with Crippen LogP contribution in [0.5, 0.6) is 0 Å². The SMILES string of the molecule is CC(C)OC(=O)N1CCC(=C2C/C(=C\C=C/N)C=Cc3cc(Cl)ccc32)CC1. The van der Waals surface area contributed by atoms with Crippen molar-refractivity contribution < 1.29 is 9.53 Å². The summed E-state index contributed by atoms with van der Waals surface area (Å²) in [6, 6.07) is 6.05. The summed E-state index contributed by atoms with van der Waals surface area (Å²) in [5.74, 6) is 0. The third-order valence-corrected chi connectivity index (χ3v) is 5.24. The highest BCUT2D eigenvalue weighted by Gasteiger charge is 2.24. The van der Waals surface area contributed by atoms with Crippen molar-refractivity contribution in [2.45, 2.75) is 39.2 Å². The Labute approximate surface area is 172 Å². The number of carbonyl (C=O) groups is 1. The first kappa shape index (κ1) is 20.3. The Kier molecular flexibility index (Phi) is 6.63. The van der Waals surface area contributed by atoms with Crippen molar-refractivity contribution in [1.82, 2.24) is 4.90 Å². The van der Waals surface area contributed by atoms with E-state index in [1.54, 1.807) is 11.1 Å². The van der Waals surface area contributed by atoms with Gasteiger partial charge in [-0.3, -0.25) is 0 Å². The molecule has 1 fully saturated rings. The molecule has 1 heterocycles. The molecule has 0 unspecified atom stereocenters. The molecule has 2 aliphatic rings. The van der Waals surface area contributed by atoms with Crippen molar-refractivity contribution in [2.24, 2.45) is 5.73 Å². The normalized spacial score (nSPS) is 18.7. The summed E-state index contributed by atoms with van der Waals surface area (Å²) in [4.78, 5) is 14.0. The average molecular weight is 399 g/mol. The number of allylic oxidation sites excluding steroid dienone is 5. The lowest BCUT2D eigenvalue weighted by Gasteiger charge is -2.30. The van der Waals surface area contributed by atoms with Crippen LogP contribution in [0.25, 0.3) is 11.6 Å². The molecule has 0 spiro atoms. The fourth-order valence-corrected chi connectivity index (χ4v) is 3.83. The highest BCUT2D eigenvalue weighted by atomic mass is 35.5. The maximum Gasteiger partial charge on any atom is 0.410 e. The van der Waals surface area contributed by atoms with E-state index < -0.39 is 0 Å². The van der Waals surface area contributed by atoms with Crippen LogP contribution >= 0.6 is 11.6 Å². The van der Waals surface area contributed by atoms with Crippen LogP contribution in [-0.4, -0.2) is 30.2 Å². The lowest BCUT2D eigenvalue weighted by Crippen LogP contribution is -2.38. The Balaban J connectivity index is 1.90. The van der Waals surface area contributed by atoms with Gasteiger partial charge in [-0.15, -0.1) is 0 Å². The molecule has 4 nitrogen and oxygen atoms in total. The summed E-state index contributed by atoms with van der Waals surface area (Å²) in [7, 11) is 0. The highest BCUT2D eigenvalue weighted by Crippen LogP contribution is 2.37. The number of ether oxygens (including phenoxy) is 1. The van der Waals surface area contributed by atoms with Crippen molar-refractivity contribution >= 4 is 29.3 Å². The molecular formula is C23H27ClN2O2. The smallest absolute Gasteiger partial charge is 0.410 e.